The van der Waals surface area contributed by atoms with Crippen molar-refractivity contribution in [3.63, 3.8) is 0 Å². The predicted octanol–water partition coefficient (Wildman–Crippen LogP) is 3.81. The minimum Gasteiger partial charge on any atom is -0.463 e. The number of aliphatic hydroxyl groups is 1. The van der Waals surface area contributed by atoms with Crippen molar-refractivity contribution in [2.75, 3.05) is 26.4 Å². The van der Waals surface area contributed by atoms with Gasteiger partial charge in [-0.3, -0.25) is 24.0 Å². The lowest BCUT2D eigenvalue weighted by atomic mass is 9.94. The number of hydrogen-bond donors (Lipinski definition) is 3. The topological polar surface area (TPSA) is 233 Å². The molecule has 0 aliphatic carbocycles. The molecule has 3 N–H and O–H groups in total. The van der Waals surface area contributed by atoms with Gasteiger partial charge in [0.05, 0.1) is 24.3 Å². The van der Waals surface area contributed by atoms with E-state index < -0.39 is 122 Å². The van der Waals surface area contributed by atoms with Crippen LogP contribution in [0.5, 0.6) is 0 Å². The molecule has 3 heterocycles. The first-order valence-corrected chi connectivity index (χ1v) is 25.1. The van der Waals surface area contributed by atoms with Gasteiger partial charge in [-0.1, -0.05) is 96.9 Å². The summed E-state index contributed by atoms with van der Waals surface area (Å²) in [6, 6.07) is 12.9. The zero-order valence-corrected chi connectivity index (χ0v) is 39.1. The van der Waals surface area contributed by atoms with Crippen LogP contribution in [0.1, 0.15) is 47.1 Å². The lowest BCUT2D eigenvalue weighted by Crippen LogP contribution is -2.71. The van der Waals surface area contributed by atoms with Gasteiger partial charge >= 0.3 is 24.0 Å². The molecule has 0 aromatic heterocycles. The monoisotopic (exact) mass is 975 g/mol. The van der Waals surface area contributed by atoms with E-state index in [1.807, 2.05) is 30.3 Å². The fourth-order valence-corrected chi connectivity index (χ4v) is 7.85. The van der Waals surface area contributed by atoms with Gasteiger partial charge in [0.1, 0.15) is 49.7 Å². The second kappa shape index (κ2) is 22.5. The molecule has 64 heavy (non-hydrogen) atoms. The summed E-state index contributed by atoms with van der Waals surface area (Å²) in [6.45, 7) is 8.30. The summed E-state index contributed by atoms with van der Waals surface area (Å²) in [5.74, 6) is -3.95. The van der Waals surface area contributed by atoms with Gasteiger partial charge in [0.25, 0.3) is 11.8 Å². The van der Waals surface area contributed by atoms with Gasteiger partial charge in [-0.2, -0.15) is 0 Å². The summed E-state index contributed by atoms with van der Waals surface area (Å²) in [4.78, 5) is 77.8. The Kier molecular flexibility index (Phi) is 18.0. The first-order chi connectivity index (χ1) is 30.1. The fourth-order valence-electron chi connectivity index (χ4n) is 6.96. The Hall–Kier alpha value is -3.93. The standard InChI is InChI=1S/C41H52Cl3N3O16Si/c1-22(48)57-20-29-34(59-23(2)49)35(60-24(3)50)31(45-40(54)58-21-41(42,43)44)39(62-29)63-33-28(19-55-18-25-12-8-7-9-13-25)61-38(56-16-17-64(4,5)6)30(32(33)51)46-47-36(52)26-14-10-11-15-27(26)37(47)53/h7-15,28-35,38-39,46,51H,16-21H2,1-6H3,(H,45,54)/t28-,29-,30-,31-,32-,33-,34-,35-,38-,39+/m1/s1. The van der Waals surface area contributed by atoms with Gasteiger partial charge in [0.2, 0.25) is 3.79 Å². The number of carbonyl (C=O) groups is 6. The molecule has 0 unspecified atom stereocenters. The number of aliphatic hydroxyl groups excluding tert-OH is 1. The lowest BCUT2D eigenvalue weighted by Gasteiger charge is -2.49. The van der Waals surface area contributed by atoms with Crippen LogP contribution in [0, 0.1) is 0 Å². The van der Waals surface area contributed by atoms with E-state index in [-0.39, 0.29) is 30.9 Å². The summed E-state index contributed by atoms with van der Waals surface area (Å²) in [7, 11) is -1.71. The van der Waals surface area contributed by atoms with Crippen molar-refractivity contribution < 1.29 is 76.5 Å². The number of amides is 3. The van der Waals surface area contributed by atoms with Crippen LogP contribution in [0.25, 0.3) is 0 Å². The third-order valence-electron chi connectivity index (χ3n) is 9.92. The molecular weight excluding hydrogens is 925 g/mol. The Bertz CT molecular complexity index is 1940. The van der Waals surface area contributed by atoms with E-state index in [1.54, 1.807) is 12.1 Å². The maximum atomic E-state index is 13.6. The quantitative estimate of drug-likeness (QED) is 0.0634. The highest BCUT2D eigenvalue weighted by molar-refractivity contribution is 6.76. The van der Waals surface area contributed by atoms with Crippen LogP contribution in [0.4, 0.5) is 4.79 Å². The number of hydrogen-bond acceptors (Lipinski definition) is 17. The molecule has 0 spiro atoms. The minimum atomic E-state index is -2.05. The minimum absolute atomic E-state index is 0.0869. The molecule has 0 saturated carbocycles. The van der Waals surface area contributed by atoms with Crippen molar-refractivity contribution >= 4 is 78.7 Å². The van der Waals surface area contributed by atoms with Crippen LogP contribution in [-0.2, 0) is 63.6 Å². The number of esters is 3. The van der Waals surface area contributed by atoms with E-state index in [0.717, 1.165) is 31.3 Å². The maximum absolute atomic E-state index is 13.6. The number of alkyl carbamates (subject to hydrolysis) is 1. The van der Waals surface area contributed by atoms with Crippen molar-refractivity contribution in [3.05, 3.63) is 71.3 Å². The summed E-state index contributed by atoms with van der Waals surface area (Å²) in [5, 5.41) is 15.7. The highest BCUT2D eigenvalue weighted by Gasteiger charge is 2.56. The Labute approximate surface area is 385 Å². The number of carbonyl (C=O) groups excluding carboxylic acids is 6. The van der Waals surface area contributed by atoms with Gasteiger partial charge < -0.3 is 53.1 Å². The normalized spacial score (nSPS) is 27.1. The molecule has 5 rings (SSSR count). The van der Waals surface area contributed by atoms with E-state index in [4.69, 9.17) is 77.4 Å². The molecular formula is C41H52Cl3N3O16Si. The Morgan fingerprint density at radius 3 is 1.92 bits per heavy atom. The zero-order valence-electron chi connectivity index (χ0n) is 35.9. The molecule has 23 heteroatoms. The second-order valence-electron chi connectivity index (χ2n) is 16.3. The zero-order chi connectivity index (χ0) is 46.9. The molecule has 2 aromatic carbocycles. The highest BCUT2D eigenvalue weighted by atomic mass is 35.6. The van der Waals surface area contributed by atoms with Crippen molar-refractivity contribution in [3.8, 4) is 0 Å². The summed E-state index contributed by atoms with van der Waals surface area (Å²) >= 11 is 17.5. The Morgan fingerprint density at radius 1 is 0.766 bits per heavy atom. The van der Waals surface area contributed by atoms with Crippen molar-refractivity contribution in [1.29, 1.82) is 0 Å². The smallest absolute Gasteiger partial charge is 0.407 e. The molecule has 0 bridgehead atoms. The van der Waals surface area contributed by atoms with Crippen molar-refractivity contribution in [2.45, 2.75) is 118 Å². The number of halogens is 3. The largest absolute Gasteiger partial charge is 0.463 e. The third kappa shape index (κ3) is 14.3. The van der Waals surface area contributed by atoms with E-state index in [2.05, 4.69) is 30.4 Å². The number of hydrazine groups is 1. The number of imide groups is 1. The van der Waals surface area contributed by atoms with Crippen molar-refractivity contribution in [1.82, 2.24) is 15.8 Å². The van der Waals surface area contributed by atoms with Gasteiger partial charge in [0.15, 0.2) is 24.8 Å². The van der Waals surface area contributed by atoms with Gasteiger partial charge in [-0.05, 0) is 23.7 Å². The average molecular weight is 977 g/mol. The molecule has 10 atom stereocenters. The summed E-state index contributed by atoms with van der Waals surface area (Å²) < 4.78 is 51.2. The number of ether oxygens (including phenoxy) is 9. The lowest BCUT2D eigenvalue weighted by molar-refractivity contribution is -0.336. The number of rotatable bonds is 18. The molecule has 3 amide bonds. The Balaban J connectivity index is 1.57. The second-order valence-corrected chi connectivity index (χ2v) is 24.5. The predicted molar refractivity (Wildman–Crippen MR) is 229 cm³/mol. The van der Waals surface area contributed by atoms with E-state index in [9.17, 15) is 33.9 Å². The number of benzene rings is 2. The first kappa shape index (κ1) is 51.1. The third-order valence-corrected chi connectivity index (χ3v) is 11.9. The molecule has 19 nitrogen and oxygen atoms in total. The summed E-state index contributed by atoms with van der Waals surface area (Å²) in [6.07, 6.45) is -13.6. The van der Waals surface area contributed by atoms with Gasteiger partial charge in [0, 0.05) is 35.5 Å². The number of alkyl halides is 3. The number of nitrogens with one attached hydrogen (secondary N) is 2. The number of fused-ring (bicyclic) bond motifs is 1. The molecule has 3 aliphatic heterocycles. The molecule has 2 fully saturated rings. The van der Waals surface area contributed by atoms with Crippen LogP contribution in [0.2, 0.25) is 25.7 Å². The van der Waals surface area contributed by atoms with Crippen LogP contribution >= 0.6 is 34.8 Å². The molecule has 2 aromatic rings. The fraction of sp³-hybridized carbons (Fsp3) is 0.561. The van der Waals surface area contributed by atoms with Crippen LogP contribution < -0.4 is 10.7 Å². The van der Waals surface area contributed by atoms with Crippen LogP contribution in [0.3, 0.4) is 0 Å². The first-order valence-electron chi connectivity index (χ1n) is 20.2. The summed E-state index contributed by atoms with van der Waals surface area (Å²) in [5.41, 5.74) is 3.86. The SMILES string of the molecule is CC(=O)OC[C@H]1O[C@@H](O[C@H]2[C@H](O)[C@@H](NN3C(=O)c4ccccc4C3=O)[C@H](OCC[Si](C)(C)C)O[C@@H]2COCc2ccccc2)[C@H](NC(=O)OCC(Cl)(Cl)Cl)[C@@H](OC(C)=O)[C@@H]1OC(C)=O. The number of nitrogens with zero attached hydrogens (tertiary/aromatic N) is 1. The average Bonchev–Trinajstić information content (AvgIpc) is 3.45. The molecule has 3 aliphatic rings. The van der Waals surface area contributed by atoms with Gasteiger partial charge in [-0.15, -0.1) is 0 Å². The van der Waals surface area contributed by atoms with E-state index in [1.165, 1.54) is 12.1 Å². The van der Waals surface area contributed by atoms with Gasteiger partial charge in [-0.25, -0.2) is 15.2 Å². The molecule has 2 saturated heterocycles. The Morgan fingerprint density at radius 2 is 1.34 bits per heavy atom. The highest BCUT2D eigenvalue weighted by Crippen LogP contribution is 2.34. The maximum Gasteiger partial charge on any atom is 0.407 e. The molecule has 0 radical (unpaired) electrons. The van der Waals surface area contributed by atoms with E-state index >= 15 is 0 Å². The van der Waals surface area contributed by atoms with Crippen molar-refractivity contribution in [2.24, 2.45) is 0 Å². The van der Waals surface area contributed by atoms with Crippen LogP contribution in [0.15, 0.2) is 54.6 Å². The van der Waals surface area contributed by atoms with E-state index in [0.29, 0.717) is 6.04 Å². The van der Waals surface area contributed by atoms with Crippen LogP contribution in [-0.4, -0.2) is 146 Å². The molecule has 352 valence electrons.